The van der Waals surface area contributed by atoms with Crippen molar-refractivity contribution < 1.29 is 0 Å². The van der Waals surface area contributed by atoms with Crippen LogP contribution in [0.2, 0.25) is 0 Å². The number of aliphatic imine (C=N–C) groups is 1. The van der Waals surface area contributed by atoms with Crippen LogP contribution in [-0.2, 0) is 0 Å². The van der Waals surface area contributed by atoms with Crippen molar-refractivity contribution in [3.05, 3.63) is 47.2 Å². The molecule has 25 heavy (non-hydrogen) atoms. The van der Waals surface area contributed by atoms with Gasteiger partial charge in [0.05, 0.1) is 17.9 Å². The molecule has 0 saturated heterocycles. The molecule has 1 heterocycles. The van der Waals surface area contributed by atoms with Crippen LogP contribution < -0.4 is 16.0 Å². The van der Waals surface area contributed by atoms with Crippen molar-refractivity contribution in [3.8, 4) is 0 Å². The summed E-state index contributed by atoms with van der Waals surface area (Å²) in [5.74, 6) is 0. The van der Waals surface area contributed by atoms with E-state index in [0.717, 1.165) is 46.0 Å². The normalized spacial score (nSPS) is 14.7. The predicted molar refractivity (Wildman–Crippen MR) is 111 cm³/mol. The molecule has 0 unspecified atom stereocenters. The molecule has 0 amide bonds. The van der Waals surface area contributed by atoms with Gasteiger partial charge in [-0.25, -0.2) is 0 Å². The van der Waals surface area contributed by atoms with Crippen molar-refractivity contribution in [2.24, 2.45) is 4.99 Å². The second-order valence-corrected chi connectivity index (χ2v) is 6.05. The third-order valence-electron chi connectivity index (χ3n) is 4.41. The topological polar surface area (TPSA) is 72.3 Å². The lowest BCUT2D eigenvalue weighted by Gasteiger charge is -2.20. The Balaban J connectivity index is 2.81. The third kappa shape index (κ3) is 3.50. The zero-order valence-corrected chi connectivity index (χ0v) is 15.7. The van der Waals surface area contributed by atoms with Crippen molar-refractivity contribution >= 4 is 34.6 Å². The van der Waals surface area contributed by atoms with E-state index in [1.165, 1.54) is 17.4 Å². The van der Waals surface area contributed by atoms with Crippen molar-refractivity contribution in [1.82, 2.24) is 5.32 Å². The molecule has 1 aromatic carbocycles. The summed E-state index contributed by atoms with van der Waals surface area (Å²) in [7, 11) is 3.78. The van der Waals surface area contributed by atoms with Crippen molar-refractivity contribution in [1.29, 1.82) is 5.41 Å². The summed E-state index contributed by atoms with van der Waals surface area (Å²) in [6.45, 7) is 10.7. The highest BCUT2D eigenvalue weighted by molar-refractivity contribution is 6.25. The van der Waals surface area contributed by atoms with Gasteiger partial charge in [0.15, 0.2) is 0 Å². The lowest BCUT2D eigenvalue weighted by atomic mass is 9.93. The maximum absolute atomic E-state index is 7.64. The second kappa shape index (κ2) is 7.83. The van der Waals surface area contributed by atoms with Gasteiger partial charge in [0.1, 0.15) is 0 Å². The summed E-state index contributed by atoms with van der Waals surface area (Å²) in [4.78, 5) is 4.56. The molecule has 4 N–H and O–H groups in total. The van der Waals surface area contributed by atoms with Gasteiger partial charge in [0, 0.05) is 42.9 Å². The summed E-state index contributed by atoms with van der Waals surface area (Å²) in [5, 5.41) is 17.4. The highest BCUT2D eigenvalue weighted by Gasteiger charge is 2.20. The van der Waals surface area contributed by atoms with Crippen molar-refractivity contribution in [2.45, 2.75) is 20.8 Å². The van der Waals surface area contributed by atoms with Gasteiger partial charge < -0.3 is 21.4 Å². The first-order chi connectivity index (χ1) is 12.0. The van der Waals surface area contributed by atoms with E-state index in [0.29, 0.717) is 0 Å². The minimum Gasteiger partial charge on any atom is -0.387 e. The fourth-order valence-corrected chi connectivity index (χ4v) is 3.21. The van der Waals surface area contributed by atoms with Gasteiger partial charge in [-0.1, -0.05) is 6.58 Å². The molecule has 0 aliphatic carbocycles. The standard InChI is InChI=1S/C20H27N5/c1-7-24-20-16(19(23-6)12(2)10-21)8-15(9-17(20)22-5)18-13(3)11-25-14(18)4/h7-10,21-24H,1,11H2,2-6H3/b19-12-,21-10?. The molecule has 1 aromatic rings. The molecule has 0 radical (unpaired) electrons. The van der Waals surface area contributed by atoms with Crippen LogP contribution in [0, 0.1) is 5.41 Å². The van der Waals surface area contributed by atoms with Gasteiger partial charge in [-0.15, -0.1) is 0 Å². The van der Waals surface area contributed by atoms with Gasteiger partial charge >= 0.3 is 0 Å². The Labute approximate surface area is 150 Å². The number of nitrogens with one attached hydrogen (secondary N) is 4. The van der Waals surface area contributed by atoms with Crippen molar-refractivity contribution in [2.75, 3.05) is 31.3 Å². The molecule has 2 rings (SSSR count). The zero-order chi connectivity index (χ0) is 18.6. The minimum absolute atomic E-state index is 0.756. The monoisotopic (exact) mass is 337 g/mol. The molecule has 132 valence electrons. The number of nitrogens with zero attached hydrogens (tertiary/aromatic N) is 1. The first-order valence-corrected chi connectivity index (χ1v) is 8.32. The summed E-state index contributed by atoms with van der Waals surface area (Å²) < 4.78 is 0. The molecular weight excluding hydrogens is 310 g/mol. The van der Waals surface area contributed by atoms with E-state index < -0.39 is 0 Å². The summed E-state index contributed by atoms with van der Waals surface area (Å²) in [6, 6.07) is 4.28. The van der Waals surface area contributed by atoms with Gasteiger partial charge in [0.2, 0.25) is 0 Å². The Morgan fingerprint density at radius 3 is 2.48 bits per heavy atom. The molecule has 0 bridgehead atoms. The smallest absolute Gasteiger partial charge is 0.0710 e. The van der Waals surface area contributed by atoms with Crippen LogP contribution in [0.1, 0.15) is 31.9 Å². The van der Waals surface area contributed by atoms with E-state index in [1.807, 2.05) is 21.0 Å². The van der Waals surface area contributed by atoms with Crippen LogP contribution in [0.3, 0.4) is 0 Å². The maximum atomic E-state index is 7.64. The molecule has 0 saturated carbocycles. The van der Waals surface area contributed by atoms with Crippen LogP contribution in [-0.4, -0.2) is 32.6 Å². The quantitative estimate of drug-likeness (QED) is 0.565. The SMILES string of the molecule is C=CNc1c(NC)cc(C2=C(C)CN=C2C)cc1/C(NC)=C(\C)C=N. The Hall–Kier alpha value is -2.82. The van der Waals surface area contributed by atoms with E-state index in [4.69, 9.17) is 5.41 Å². The van der Waals surface area contributed by atoms with Gasteiger partial charge in [-0.05, 0) is 55.8 Å². The zero-order valence-electron chi connectivity index (χ0n) is 15.7. The van der Waals surface area contributed by atoms with Crippen LogP contribution in [0.4, 0.5) is 11.4 Å². The van der Waals surface area contributed by atoms with Crippen LogP contribution in [0.25, 0.3) is 11.3 Å². The largest absolute Gasteiger partial charge is 0.387 e. The number of hydrogen-bond donors (Lipinski definition) is 4. The fraction of sp³-hybridized carbons (Fsp3) is 0.300. The predicted octanol–water partition coefficient (Wildman–Crippen LogP) is 4.13. The summed E-state index contributed by atoms with van der Waals surface area (Å²) in [5.41, 5.74) is 9.31. The Morgan fingerprint density at radius 1 is 1.28 bits per heavy atom. The van der Waals surface area contributed by atoms with Crippen LogP contribution in [0.15, 0.2) is 41.1 Å². The van der Waals surface area contributed by atoms with E-state index >= 15 is 0 Å². The average Bonchev–Trinajstić information content (AvgIpc) is 2.95. The fourth-order valence-electron chi connectivity index (χ4n) is 3.21. The molecule has 0 fully saturated rings. The van der Waals surface area contributed by atoms with Gasteiger partial charge in [0.25, 0.3) is 0 Å². The molecule has 1 aliphatic rings. The Bertz CT molecular complexity index is 797. The number of hydrogen-bond acceptors (Lipinski definition) is 5. The van der Waals surface area contributed by atoms with E-state index in [9.17, 15) is 0 Å². The molecule has 0 atom stereocenters. The Kier molecular flexibility index (Phi) is 5.80. The summed E-state index contributed by atoms with van der Waals surface area (Å²) >= 11 is 0. The van der Waals surface area contributed by atoms with E-state index in [2.05, 4.69) is 53.5 Å². The maximum Gasteiger partial charge on any atom is 0.0710 e. The highest BCUT2D eigenvalue weighted by Crippen LogP contribution is 2.37. The average molecular weight is 337 g/mol. The van der Waals surface area contributed by atoms with E-state index in [1.54, 1.807) is 6.20 Å². The number of benzene rings is 1. The molecule has 5 nitrogen and oxygen atoms in total. The second-order valence-electron chi connectivity index (χ2n) is 6.05. The number of anilines is 2. The van der Waals surface area contributed by atoms with Crippen LogP contribution >= 0.6 is 0 Å². The minimum atomic E-state index is 0.756. The Morgan fingerprint density at radius 2 is 2.00 bits per heavy atom. The highest BCUT2D eigenvalue weighted by atomic mass is 14.9. The lowest BCUT2D eigenvalue weighted by molar-refractivity contribution is 1.11. The summed E-state index contributed by atoms with van der Waals surface area (Å²) in [6.07, 6.45) is 3.03. The third-order valence-corrected chi connectivity index (χ3v) is 4.41. The molecule has 0 aromatic heterocycles. The van der Waals surface area contributed by atoms with Crippen molar-refractivity contribution in [3.63, 3.8) is 0 Å². The number of allylic oxidation sites excluding steroid dienone is 2. The molecule has 0 spiro atoms. The van der Waals surface area contributed by atoms with Gasteiger partial charge in [-0.2, -0.15) is 0 Å². The van der Waals surface area contributed by atoms with Gasteiger partial charge in [-0.3, -0.25) is 4.99 Å². The van der Waals surface area contributed by atoms with E-state index in [-0.39, 0.29) is 0 Å². The molecule has 1 aliphatic heterocycles. The first-order valence-electron chi connectivity index (χ1n) is 8.32. The van der Waals surface area contributed by atoms with Crippen LogP contribution in [0.5, 0.6) is 0 Å². The lowest BCUT2D eigenvalue weighted by Crippen LogP contribution is -2.12. The molecular formula is C20H27N5. The number of rotatable bonds is 7. The first kappa shape index (κ1) is 18.5. The molecule has 5 heteroatoms.